The van der Waals surface area contributed by atoms with Crippen LogP contribution in [0.2, 0.25) is 0 Å². The van der Waals surface area contributed by atoms with Crippen LogP contribution in [-0.4, -0.2) is 104 Å². The highest BCUT2D eigenvalue weighted by atomic mass is 17.1. The van der Waals surface area contributed by atoms with E-state index in [0.29, 0.717) is 6.42 Å². The molecule has 18 heteroatoms. The zero-order valence-corrected chi connectivity index (χ0v) is 18.5. The summed E-state index contributed by atoms with van der Waals surface area (Å²) < 4.78 is 10.2. The minimum Gasteiger partial charge on any atom is -0.464 e. The molecule has 0 saturated carbocycles. The summed E-state index contributed by atoms with van der Waals surface area (Å²) in [4.78, 5) is 49.6. The zero-order valence-electron chi connectivity index (χ0n) is 18.5. The number of carbonyl (C=O) groups excluding carboxylic acids is 3. The van der Waals surface area contributed by atoms with Crippen LogP contribution in [0.25, 0.3) is 0 Å². The van der Waals surface area contributed by atoms with Crippen LogP contribution in [0.15, 0.2) is 0 Å². The van der Waals surface area contributed by atoms with Crippen LogP contribution in [0.4, 0.5) is 0 Å². The average Bonchev–Trinajstić information content (AvgIpc) is 2.74. The minimum atomic E-state index is -1.37. The van der Waals surface area contributed by atoms with E-state index in [9.17, 15) is 14.4 Å². The molecule has 2 unspecified atom stereocenters. The lowest BCUT2D eigenvalue weighted by Crippen LogP contribution is -2.50. The summed E-state index contributed by atoms with van der Waals surface area (Å²) in [5.41, 5.74) is 0. The molecule has 0 saturated heterocycles. The van der Waals surface area contributed by atoms with Gasteiger partial charge in [0.1, 0.15) is 6.10 Å². The number of amides is 1. The SMILES string of the molecule is CC(OC(=O)CCCON(O)O)C(NC(=O)CCCON(O)O)C(=O)OCCCCON(O)O. The number of rotatable bonds is 20. The molecular formula is C16H32N4O14. The van der Waals surface area contributed by atoms with Crippen LogP contribution < -0.4 is 5.32 Å². The summed E-state index contributed by atoms with van der Waals surface area (Å²) >= 11 is 0. The number of nitrogens with one attached hydrogen (secondary N) is 1. The number of nitrogens with zero attached hydrogens (tertiary/aromatic N) is 3. The Balaban J connectivity index is 4.72. The van der Waals surface area contributed by atoms with Gasteiger partial charge in [0, 0.05) is 12.8 Å². The molecule has 0 heterocycles. The lowest BCUT2D eigenvalue weighted by molar-refractivity contribution is -0.492. The van der Waals surface area contributed by atoms with Crippen molar-refractivity contribution in [3.63, 3.8) is 0 Å². The zero-order chi connectivity index (χ0) is 25.9. The molecule has 0 bridgehead atoms. The molecule has 0 fully saturated rings. The second-order valence-corrected chi connectivity index (χ2v) is 6.58. The lowest BCUT2D eigenvalue weighted by Gasteiger charge is -2.24. The Kier molecular flexibility index (Phi) is 18.1. The molecule has 0 aromatic rings. The molecule has 18 nitrogen and oxygen atoms in total. The Hall–Kier alpha value is -2.07. The van der Waals surface area contributed by atoms with Crippen molar-refractivity contribution < 1.29 is 69.6 Å². The third-order valence-electron chi connectivity index (χ3n) is 3.83. The molecule has 200 valence electrons. The number of hydrogen-bond donors (Lipinski definition) is 7. The van der Waals surface area contributed by atoms with Gasteiger partial charge in [-0.15, -0.1) is 0 Å². The highest BCUT2D eigenvalue weighted by Gasteiger charge is 2.31. The molecule has 0 radical (unpaired) electrons. The standard InChI is InChI=1S/C16H32N4O14/c1-12(34-14(22)7-5-11-33-20(28)29)15(17-13(21)6-4-10-32-19(26)27)16(23)30-8-2-3-9-31-18(24)25/h12,15,24-29H,2-11H2,1H3,(H,17,21). The molecule has 0 aliphatic carbocycles. The molecule has 0 aromatic heterocycles. The van der Waals surface area contributed by atoms with Gasteiger partial charge in [-0.1, -0.05) is 0 Å². The van der Waals surface area contributed by atoms with Gasteiger partial charge in [0.25, 0.3) is 0 Å². The third-order valence-corrected chi connectivity index (χ3v) is 3.83. The Morgan fingerprint density at radius 2 is 1.21 bits per heavy atom. The summed E-state index contributed by atoms with van der Waals surface area (Å²) in [6.45, 7) is 0.788. The van der Waals surface area contributed by atoms with Crippen molar-refractivity contribution in [1.82, 2.24) is 21.5 Å². The number of hydrogen-bond acceptors (Lipinski definition) is 17. The molecule has 0 aromatic carbocycles. The summed E-state index contributed by atoms with van der Waals surface area (Å²) in [5, 5.41) is 51.5. The monoisotopic (exact) mass is 504 g/mol. The number of ether oxygens (including phenoxy) is 2. The van der Waals surface area contributed by atoms with Gasteiger partial charge < -0.3 is 14.8 Å². The Morgan fingerprint density at radius 1 is 0.735 bits per heavy atom. The van der Waals surface area contributed by atoms with Crippen LogP contribution in [0.5, 0.6) is 0 Å². The second kappa shape index (κ2) is 19.3. The van der Waals surface area contributed by atoms with Gasteiger partial charge in [-0.3, -0.25) is 55.3 Å². The summed E-state index contributed by atoms with van der Waals surface area (Å²) in [6.07, 6.45) is -0.754. The number of unbranched alkanes of at least 4 members (excludes halogenated alkanes) is 1. The maximum atomic E-state index is 12.5. The van der Waals surface area contributed by atoms with E-state index < -0.39 is 46.2 Å². The van der Waals surface area contributed by atoms with E-state index in [2.05, 4.69) is 19.8 Å². The van der Waals surface area contributed by atoms with Crippen LogP contribution >= 0.6 is 0 Å². The van der Waals surface area contributed by atoms with E-state index in [-0.39, 0.29) is 58.5 Å². The van der Waals surface area contributed by atoms with Crippen LogP contribution in [0, 0.1) is 0 Å². The maximum Gasteiger partial charge on any atom is 0.332 e. The Labute approximate surface area is 193 Å². The highest BCUT2D eigenvalue weighted by molar-refractivity contribution is 5.85. The molecule has 7 N–H and O–H groups in total. The van der Waals surface area contributed by atoms with Crippen molar-refractivity contribution >= 4 is 17.8 Å². The van der Waals surface area contributed by atoms with Crippen molar-refractivity contribution in [3.8, 4) is 0 Å². The van der Waals surface area contributed by atoms with Gasteiger partial charge >= 0.3 is 11.9 Å². The predicted octanol–water partition coefficient (Wildman–Crippen LogP) is -0.677. The van der Waals surface area contributed by atoms with Crippen LogP contribution in [0.3, 0.4) is 0 Å². The first-order chi connectivity index (χ1) is 16.0. The van der Waals surface area contributed by atoms with Gasteiger partial charge in [-0.05, 0) is 32.6 Å². The fourth-order valence-electron chi connectivity index (χ4n) is 2.30. The van der Waals surface area contributed by atoms with E-state index in [4.69, 9.17) is 40.7 Å². The molecular weight excluding hydrogens is 472 g/mol. The fraction of sp³-hybridized carbons (Fsp3) is 0.812. The van der Waals surface area contributed by atoms with Gasteiger partial charge in [-0.2, -0.15) is 0 Å². The first-order valence-electron chi connectivity index (χ1n) is 10.1. The first kappa shape index (κ1) is 31.9. The van der Waals surface area contributed by atoms with Gasteiger partial charge in [0.2, 0.25) is 5.91 Å². The Morgan fingerprint density at radius 3 is 1.74 bits per heavy atom. The number of carbonyl (C=O) groups is 3. The van der Waals surface area contributed by atoms with Gasteiger partial charge in [-0.25, -0.2) is 4.79 Å². The number of esters is 2. The van der Waals surface area contributed by atoms with Crippen molar-refractivity contribution in [2.75, 3.05) is 26.4 Å². The molecule has 1 amide bonds. The maximum absolute atomic E-state index is 12.5. The molecule has 0 aliphatic rings. The highest BCUT2D eigenvalue weighted by Crippen LogP contribution is 2.07. The van der Waals surface area contributed by atoms with Crippen molar-refractivity contribution in [2.24, 2.45) is 0 Å². The van der Waals surface area contributed by atoms with E-state index >= 15 is 0 Å². The van der Waals surface area contributed by atoms with Gasteiger partial charge in [0.15, 0.2) is 6.04 Å². The van der Waals surface area contributed by atoms with Crippen LogP contribution in [0.1, 0.15) is 45.4 Å². The smallest absolute Gasteiger partial charge is 0.332 e. The van der Waals surface area contributed by atoms with Crippen LogP contribution in [-0.2, 0) is 38.4 Å². The topological polar surface area (TPSA) is 240 Å². The quantitative estimate of drug-likeness (QED) is 0.0617. The molecule has 34 heavy (non-hydrogen) atoms. The third kappa shape index (κ3) is 18.4. The predicted molar refractivity (Wildman–Crippen MR) is 100 cm³/mol. The molecule has 0 spiro atoms. The lowest BCUT2D eigenvalue weighted by atomic mass is 10.1. The largest absolute Gasteiger partial charge is 0.464 e. The average molecular weight is 504 g/mol. The first-order valence-corrected chi connectivity index (χ1v) is 10.1. The Bertz CT molecular complexity index is 580. The van der Waals surface area contributed by atoms with Crippen molar-refractivity contribution in [3.05, 3.63) is 0 Å². The van der Waals surface area contributed by atoms with Crippen molar-refractivity contribution in [2.45, 2.75) is 57.6 Å². The van der Waals surface area contributed by atoms with Gasteiger partial charge in [0.05, 0.1) is 42.6 Å². The molecule has 0 rings (SSSR count). The minimum absolute atomic E-state index is 0.0616. The van der Waals surface area contributed by atoms with Crippen molar-refractivity contribution in [1.29, 1.82) is 0 Å². The van der Waals surface area contributed by atoms with E-state index in [1.54, 1.807) is 0 Å². The molecule has 0 aliphatic heterocycles. The summed E-state index contributed by atoms with van der Waals surface area (Å²) in [7, 11) is 0. The normalized spacial score (nSPS) is 13.2. The van der Waals surface area contributed by atoms with E-state index in [0.717, 1.165) is 0 Å². The summed E-state index contributed by atoms with van der Waals surface area (Å²) in [5.74, 6) is -2.28. The fourth-order valence-corrected chi connectivity index (χ4v) is 2.30. The van der Waals surface area contributed by atoms with E-state index in [1.165, 1.54) is 6.92 Å². The van der Waals surface area contributed by atoms with E-state index in [1.807, 2.05) is 0 Å². The summed E-state index contributed by atoms with van der Waals surface area (Å²) in [6, 6.07) is -1.37. The second-order valence-electron chi connectivity index (χ2n) is 6.58. The molecule has 2 atom stereocenters.